The average Bonchev–Trinajstić information content (AvgIpc) is 3.15. The predicted molar refractivity (Wildman–Crippen MR) is 88.5 cm³/mol. The molecule has 2 N–H and O–H groups in total. The summed E-state index contributed by atoms with van der Waals surface area (Å²) in [6, 6.07) is 6.38. The van der Waals surface area contributed by atoms with Crippen molar-refractivity contribution < 1.29 is 9.45 Å². The van der Waals surface area contributed by atoms with Crippen molar-refractivity contribution in [2.75, 3.05) is 0 Å². The number of halogens is 1. The van der Waals surface area contributed by atoms with Gasteiger partial charge in [0.2, 0.25) is 5.89 Å². The molecule has 1 heterocycles. The molecule has 9 heteroatoms. The Kier molecular flexibility index (Phi) is 5.61. The fourth-order valence-corrected chi connectivity index (χ4v) is 3.29. The summed E-state index contributed by atoms with van der Waals surface area (Å²) in [4.78, 5) is 15.5. The van der Waals surface area contributed by atoms with E-state index >= 15 is 0 Å². The van der Waals surface area contributed by atoms with E-state index in [0.29, 0.717) is 17.5 Å². The zero-order chi connectivity index (χ0) is 15.6. The lowest BCUT2D eigenvalue weighted by molar-refractivity contribution is -0.384. The SMILES string of the molecule is Cl.NC1(c2noc(CSc3ccc([N+](=O)[O-])cc3)n2)CCCC1. The Morgan fingerprint density at radius 2 is 1.96 bits per heavy atom. The summed E-state index contributed by atoms with van der Waals surface area (Å²) in [5.41, 5.74) is 5.93. The molecule has 3 rings (SSSR count). The van der Waals surface area contributed by atoms with E-state index in [9.17, 15) is 10.1 Å². The van der Waals surface area contributed by atoms with Gasteiger partial charge in [0.15, 0.2) is 5.82 Å². The second-order valence-corrected chi connectivity index (χ2v) is 6.46. The molecule has 1 aliphatic carbocycles. The van der Waals surface area contributed by atoms with E-state index in [0.717, 1.165) is 30.6 Å². The molecule has 0 spiro atoms. The Labute approximate surface area is 143 Å². The maximum Gasteiger partial charge on any atom is 0.269 e. The molecule has 0 atom stereocenters. The van der Waals surface area contributed by atoms with Gasteiger partial charge in [0.25, 0.3) is 5.69 Å². The zero-order valence-corrected chi connectivity index (χ0v) is 13.9. The predicted octanol–water partition coefficient (Wildman–Crippen LogP) is 3.42. The molecule has 1 aliphatic rings. The standard InChI is InChI=1S/C14H16N4O3S.ClH/c15-14(7-1-2-8-14)13-16-12(21-17-13)9-22-11-5-3-10(4-6-11)18(19)20;/h3-6H,1-2,7-9,15H2;1H. The number of aromatic nitrogens is 2. The van der Waals surface area contributed by atoms with Gasteiger partial charge in [0.1, 0.15) is 0 Å². The van der Waals surface area contributed by atoms with Crippen molar-refractivity contribution in [2.24, 2.45) is 5.73 Å². The summed E-state index contributed by atoms with van der Waals surface area (Å²) in [6.07, 6.45) is 3.97. The molecule has 1 saturated carbocycles. The highest BCUT2D eigenvalue weighted by Crippen LogP contribution is 2.35. The van der Waals surface area contributed by atoms with Crippen LogP contribution in [0.1, 0.15) is 37.4 Å². The van der Waals surface area contributed by atoms with Crippen molar-refractivity contribution in [3.63, 3.8) is 0 Å². The molecule has 1 fully saturated rings. The third kappa shape index (κ3) is 4.01. The number of nitrogens with two attached hydrogens (primary N) is 1. The minimum Gasteiger partial charge on any atom is -0.338 e. The first kappa shape index (κ1) is 17.7. The van der Waals surface area contributed by atoms with Crippen LogP contribution in [0, 0.1) is 10.1 Å². The molecule has 2 aromatic rings. The molecule has 0 saturated heterocycles. The number of nitro groups is 1. The van der Waals surface area contributed by atoms with Crippen molar-refractivity contribution in [2.45, 2.75) is 41.9 Å². The smallest absolute Gasteiger partial charge is 0.269 e. The van der Waals surface area contributed by atoms with Crippen LogP contribution < -0.4 is 5.73 Å². The van der Waals surface area contributed by atoms with E-state index in [4.69, 9.17) is 10.3 Å². The number of rotatable bonds is 5. The van der Waals surface area contributed by atoms with Crippen LogP contribution in [-0.2, 0) is 11.3 Å². The first-order valence-corrected chi connectivity index (χ1v) is 8.05. The number of hydrogen-bond acceptors (Lipinski definition) is 7. The molecule has 124 valence electrons. The van der Waals surface area contributed by atoms with Crippen LogP contribution in [0.4, 0.5) is 5.69 Å². The van der Waals surface area contributed by atoms with Crippen molar-refractivity contribution >= 4 is 29.9 Å². The second kappa shape index (κ2) is 7.29. The number of nitrogens with zero attached hydrogens (tertiary/aromatic N) is 3. The third-order valence-corrected chi connectivity index (χ3v) is 4.82. The lowest BCUT2D eigenvalue weighted by Crippen LogP contribution is -2.34. The summed E-state index contributed by atoms with van der Waals surface area (Å²) in [5, 5.41) is 14.6. The highest BCUT2D eigenvalue weighted by Gasteiger charge is 2.35. The summed E-state index contributed by atoms with van der Waals surface area (Å²) >= 11 is 1.49. The van der Waals surface area contributed by atoms with Crippen LogP contribution in [0.25, 0.3) is 0 Å². The van der Waals surface area contributed by atoms with Gasteiger partial charge in [0.05, 0.1) is 16.2 Å². The molecule has 0 radical (unpaired) electrons. The van der Waals surface area contributed by atoms with E-state index in [1.807, 2.05) is 0 Å². The first-order chi connectivity index (χ1) is 10.6. The molecule has 0 bridgehead atoms. The van der Waals surface area contributed by atoms with E-state index in [1.54, 1.807) is 12.1 Å². The molecule has 1 aromatic heterocycles. The minimum atomic E-state index is -0.445. The highest BCUT2D eigenvalue weighted by atomic mass is 35.5. The molecule has 7 nitrogen and oxygen atoms in total. The van der Waals surface area contributed by atoms with Crippen molar-refractivity contribution in [1.82, 2.24) is 10.1 Å². The lowest BCUT2D eigenvalue weighted by atomic mass is 9.99. The number of non-ortho nitro benzene ring substituents is 1. The molecule has 0 amide bonds. The Bertz CT molecular complexity index is 671. The van der Waals surface area contributed by atoms with Crippen LogP contribution in [0.2, 0.25) is 0 Å². The third-order valence-electron chi connectivity index (χ3n) is 3.82. The van der Waals surface area contributed by atoms with Crippen LogP contribution >= 0.6 is 24.2 Å². The summed E-state index contributed by atoms with van der Waals surface area (Å²) < 4.78 is 5.26. The van der Waals surface area contributed by atoms with Gasteiger partial charge in [-0.05, 0) is 25.0 Å². The maximum atomic E-state index is 10.6. The first-order valence-electron chi connectivity index (χ1n) is 7.06. The zero-order valence-electron chi connectivity index (χ0n) is 12.3. The second-order valence-electron chi connectivity index (χ2n) is 5.41. The Balaban J connectivity index is 0.00000192. The quantitative estimate of drug-likeness (QED) is 0.496. The number of benzene rings is 1. The lowest BCUT2D eigenvalue weighted by Gasteiger charge is -2.17. The minimum absolute atomic E-state index is 0. The summed E-state index contributed by atoms with van der Waals surface area (Å²) in [5.74, 6) is 1.63. The van der Waals surface area contributed by atoms with Crippen molar-refractivity contribution in [3.05, 3.63) is 46.1 Å². The van der Waals surface area contributed by atoms with Crippen LogP contribution in [0.3, 0.4) is 0 Å². The van der Waals surface area contributed by atoms with Gasteiger partial charge in [-0.2, -0.15) is 4.98 Å². The van der Waals surface area contributed by atoms with Gasteiger partial charge in [-0.1, -0.05) is 18.0 Å². The van der Waals surface area contributed by atoms with Gasteiger partial charge in [0, 0.05) is 17.0 Å². The fraction of sp³-hybridized carbons (Fsp3) is 0.429. The number of hydrogen-bond donors (Lipinski definition) is 1. The summed E-state index contributed by atoms with van der Waals surface area (Å²) in [7, 11) is 0. The van der Waals surface area contributed by atoms with Gasteiger partial charge in [-0.25, -0.2) is 0 Å². The van der Waals surface area contributed by atoms with Gasteiger partial charge < -0.3 is 10.3 Å². The fourth-order valence-electron chi connectivity index (χ4n) is 2.55. The van der Waals surface area contributed by atoms with Gasteiger partial charge in [-0.15, -0.1) is 24.2 Å². The van der Waals surface area contributed by atoms with Crippen LogP contribution in [0.5, 0.6) is 0 Å². The van der Waals surface area contributed by atoms with E-state index in [2.05, 4.69) is 10.1 Å². The van der Waals surface area contributed by atoms with Crippen LogP contribution in [0.15, 0.2) is 33.7 Å². The Morgan fingerprint density at radius 1 is 1.30 bits per heavy atom. The molecule has 23 heavy (non-hydrogen) atoms. The van der Waals surface area contributed by atoms with Crippen molar-refractivity contribution in [1.29, 1.82) is 0 Å². The molecular formula is C14H17ClN4O3S. The topological polar surface area (TPSA) is 108 Å². The average molecular weight is 357 g/mol. The van der Waals surface area contributed by atoms with Crippen LogP contribution in [-0.4, -0.2) is 15.1 Å². The monoisotopic (exact) mass is 356 g/mol. The highest BCUT2D eigenvalue weighted by molar-refractivity contribution is 7.98. The molecule has 1 aromatic carbocycles. The largest absolute Gasteiger partial charge is 0.338 e. The summed E-state index contributed by atoms with van der Waals surface area (Å²) in [6.45, 7) is 0. The number of thioether (sulfide) groups is 1. The molecule has 0 aliphatic heterocycles. The van der Waals surface area contributed by atoms with Gasteiger partial charge >= 0.3 is 0 Å². The Morgan fingerprint density at radius 3 is 2.57 bits per heavy atom. The van der Waals surface area contributed by atoms with E-state index in [-0.39, 0.29) is 18.1 Å². The van der Waals surface area contributed by atoms with E-state index in [1.165, 1.54) is 23.9 Å². The number of nitro benzene ring substituents is 1. The van der Waals surface area contributed by atoms with E-state index < -0.39 is 10.5 Å². The van der Waals surface area contributed by atoms with Gasteiger partial charge in [-0.3, -0.25) is 10.1 Å². The molecule has 0 unspecified atom stereocenters. The maximum absolute atomic E-state index is 10.6. The normalized spacial score (nSPS) is 16.0. The van der Waals surface area contributed by atoms with Crippen molar-refractivity contribution in [3.8, 4) is 0 Å². The molecular weight excluding hydrogens is 340 g/mol. The Hall–Kier alpha value is -1.64.